The van der Waals surface area contributed by atoms with Gasteiger partial charge in [0, 0.05) is 29.6 Å². The van der Waals surface area contributed by atoms with Crippen molar-refractivity contribution in [3.63, 3.8) is 0 Å². The molecule has 0 unspecified atom stereocenters. The monoisotopic (exact) mass is 284 g/mol. The summed E-state index contributed by atoms with van der Waals surface area (Å²) in [6.07, 6.45) is 0. The average molecular weight is 284 g/mol. The Labute approximate surface area is 124 Å². The molecular weight excluding hydrogens is 277 g/mol. The normalized spacial score (nSPS) is 10.3. The van der Waals surface area contributed by atoms with Gasteiger partial charge in [-0.15, -0.1) is 0 Å². The third-order valence-electron chi connectivity index (χ3n) is 1.75. The van der Waals surface area contributed by atoms with Crippen molar-refractivity contribution in [3.05, 3.63) is 29.3 Å². The quantitative estimate of drug-likeness (QED) is 0.447. The van der Waals surface area contributed by atoms with Gasteiger partial charge in [0.1, 0.15) is 0 Å². The molecule has 1 rings (SSSR count). The molecule has 0 aromatic heterocycles. The van der Waals surface area contributed by atoms with Crippen LogP contribution in [0.25, 0.3) is 0 Å². The second-order valence-corrected chi connectivity index (χ2v) is 4.07. The van der Waals surface area contributed by atoms with Crippen LogP contribution in [0.3, 0.4) is 0 Å². The topological polar surface area (TPSA) is 141 Å². The number of rotatable bonds is 4. The number of anilines is 1. The number of carboxylic acid groups (broad SMARTS) is 2. The molecule has 8 nitrogen and oxygen atoms in total. The number of carboxylic acids is 2. The Kier molecular flexibility index (Phi) is 5.77. The van der Waals surface area contributed by atoms with Crippen LogP contribution in [0.2, 0.25) is 0 Å². The van der Waals surface area contributed by atoms with Gasteiger partial charge in [0.05, 0.1) is 16.8 Å². The summed E-state index contributed by atoms with van der Waals surface area (Å²) in [6, 6.07) is 3.16. The molecule has 0 atom stereocenters. The first-order chi connectivity index (χ1) is 7.72. The van der Waals surface area contributed by atoms with E-state index in [1.165, 1.54) is 4.72 Å². The maximum atomic E-state index is 10.9. The van der Waals surface area contributed by atoms with Crippen molar-refractivity contribution in [2.24, 2.45) is 0 Å². The Balaban J connectivity index is 0.00000289. The Hall–Kier alpha value is -1.13. The summed E-state index contributed by atoms with van der Waals surface area (Å²) in [5.41, 5.74) is -1.87. The predicted octanol–water partition coefficient (Wildman–Crippen LogP) is -0.0831. The van der Waals surface area contributed by atoms with Crippen molar-refractivity contribution in [3.8, 4) is 0 Å². The van der Waals surface area contributed by atoms with Crippen LogP contribution in [-0.4, -0.2) is 64.7 Å². The minimum Gasteiger partial charge on any atom is -0.478 e. The Morgan fingerprint density at radius 1 is 1.11 bits per heavy atom. The molecule has 93 valence electrons. The van der Waals surface area contributed by atoms with Gasteiger partial charge >= 0.3 is 22.2 Å². The second-order valence-electron chi connectivity index (χ2n) is 2.92. The summed E-state index contributed by atoms with van der Waals surface area (Å²) in [5.74, 6) is -3.16. The number of carbonyl (C=O) groups is 2. The van der Waals surface area contributed by atoms with E-state index >= 15 is 0 Å². The van der Waals surface area contributed by atoms with Gasteiger partial charge in [-0.3, -0.25) is 9.27 Å². The molecule has 0 aliphatic carbocycles. The largest absolute Gasteiger partial charge is 0.478 e. The van der Waals surface area contributed by atoms with E-state index < -0.39 is 39.1 Å². The number of hydrogen-bond acceptors (Lipinski definition) is 4. The van der Waals surface area contributed by atoms with Crippen LogP contribution < -0.4 is 4.72 Å². The first-order valence-corrected chi connectivity index (χ1v) is 5.51. The van der Waals surface area contributed by atoms with Gasteiger partial charge in [-0.05, 0) is 12.1 Å². The van der Waals surface area contributed by atoms with E-state index in [9.17, 15) is 18.0 Å². The maximum absolute atomic E-state index is 10.9. The van der Waals surface area contributed by atoms with Gasteiger partial charge in [0.25, 0.3) is 0 Å². The van der Waals surface area contributed by atoms with Crippen LogP contribution in [0.1, 0.15) is 20.7 Å². The Bertz CT molecular complexity index is 583. The molecule has 1 aromatic carbocycles. The van der Waals surface area contributed by atoms with Crippen molar-refractivity contribution in [2.75, 3.05) is 4.72 Å². The Morgan fingerprint density at radius 2 is 1.67 bits per heavy atom. The zero-order chi connectivity index (χ0) is 13.2. The van der Waals surface area contributed by atoms with Crippen LogP contribution >= 0.6 is 0 Å². The summed E-state index contributed by atoms with van der Waals surface area (Å²) >= 11 is 0. The van der Waals surface area contributed by atoms with Gasteiger partial charge < -0.3 is 10.2 Å². The fourth-order valence-corrected chi connectivity index (χ4v) is 1.63. The van der Waals surface area contributed by atoms with Gasteiger partial charge in [0.15, 0.2) is 0 Å². The van der Waals surface area contributed by atoms with Crippen LogP contribution in [0.15, 0.2) is 18.2 Å². The summed E-state index contributed by atoms with van der Waals surface area (Å²) in [7, 11) is -4.68. The molecule has 10 heteroatoms. The van der Waals surface area contributed by atoms with Gasteiger partial charge in [-0.2, -0.15) is 8.42 Å². The van der Waals surface area contributed by atoms with Crippen molar-refractivity contribution in [1.82, 2.24) is 0 Å². The average Bonchev–Trinajstić information content (AvgIpc) is 2.14. The van der Waals surface area contributed by atoms with Gasteiger partial charge in [-0.25, -0.2) is 9.59 Å². The van der Waals surface area contributed by atoms with Crippen LogP contribution in [-0.2, 0) is 10.3 Å². The summed E-state index contributed by atoms with van der Waals surface area (Å²) < 4.78 is 31.2. The first-order valence-electron chi connectivity index (χ1n) is 4.07. The van der Waals surface area contributed by atoms with E-state index in [2.05, 4.69) is 0 Å². The molecule has 0 amide bonds. The maximum Gasteiger partial charge on any atom is 0.357 e. The first kappa shape index (κ1) is 16.9. The molecule has 0 aliphatic rings. The predicted molar refractivity (Wildman–Crippen MR) is 61.3 cm³/mol. The standard InChI is InChI=1S/C8H7NO7S.Na/c10-7(11)4-2-1-3-5(6(4)8(12)13)9-17(14,15)16;/h1-3,9H,(H,10,11)(H,12,13)(H,14,15,16);. The number of benzene rings is 1. The SMILES string of the molecule is O=C(O)c1cccc(NS(=O)(=O)O)c1C(=O)O.[Na]. The van der Waals surface area contributed by atoms with E-state index in [0.717, 1.165) is 18.2 Å². The van der Waals surface area contributed by atoms with E-state index in [1.54, 1.807) is 0 Å². The van der Waals surface area contributed by atoms with E-state index in [0.29, 0.717) is 0 Å². The molecule has 0 saturated carbocycles. The van der Waals surface area contributed by atoms with Crippen LogP contribution in [0.4, 0.5) is 5.69 Å². The third-order valence-corrected chi connectivity index (χ3v) is 2.23. The molecular formula is C8H7NNaO7S. The van der Waals surface area contributed by atoms with Crippen molar-refractivity contribution >= 4 is 57.5 Å². The van der Waals surface area contributed by atoms with Crippen molar-refractivity contribution < 1.29 is 32.8 Å². The van der Waals surface area contributed by atoms with Crippen molar-refractivity contribution in [1.29, 1.82) is 0 Å². The zero-order valence-corrected chi connectivity index (χ0v) is 11.9. The smallest absolute Gasteiger partial charge is 0.357 e. The minimum atomic E-state index is -4.68. The third kappa shape index (κ3) is 4.27. The molecule has 1 radical (unpaired) electrons. The van der Waals surface area contributed by atoms with Crippen molar-refractivity contribution in [2.45, 2.75) is 0 Å². The van der Waals surface area contributed by atoms with E-state index in [4.69, 9.17) is 14.8 Å². The molecule has 0 aliphatic heterocycles. The minimum absolute atomic E-state index is 0. The second kappa shape index (κ2) is 6.16. The molecule has 0 spiro atoms. The fourth-order valence-electron chi connectivity index (χ4n) is 1.18. The van der Waals surface area contributed by atoms with Crippen LogP contribution in [0, 0.1) is 0 Å². The molecule has 1 aromatic rings. The molecule has 0 heterocycles. The number of hydrogen-bond donors (Lipinski definition) is 4. The molecule has 0 saturated heterocycles. The molecule has 0 fully saturated rings. The summed E-state index contributed by atoms with van der Waals surface area (Å²) in [4.78, 5) is 21.6. The van der Waals surface area contributed by atoms with Gasteiger partial charge in [-0.1, -0.05) is 6.07 Å². The Morgan fingerprint density at radius 3 is 2.06 bits per heavy atom. The molecule has 4 N–H and O–H groups in total. The summed E-state index contributed by atoms with van der Waals surface area (Å²) in [6.45, 7) is 0. The van der Waals surface area contributed by atoms with E-state index in [1.807, 2.05) is 0 Å². The van der Waals surface area contributed by atoms with Gasteiger partial charge in [0.2, 0.25) is 0 Å². The summed E-state index contributed by atoms with van der Waals surface area (Å²) in [5, 5.41) is 17.5. The fraction of sp³-hybridized carbons (Fsp3) is 0. The van der Waals surface area contributed by atoms with Crippen LogP contribution in [0.5, 0.6) is 0 Å². The molecule has 0 bridgehead atoms. The number of aromatic carboxylic acids is 2. The van der Waals surface area contributed by atoms with E-state index in [-0.39, 0.29) is 29.6 Å². The number of nitrogens with one attached hydrogen (secondary N) is 1. The molecule has 18 heavy (non-hydrogen) atoms. The zero-order valence-electron chi connectivity index (χ0n) is 9.11.